The third kappa shape index (κ3) is 2.91. The van der Waals surface area contributed by atoms with E-state index >= 15 is 0 Å². The third-order valence-electron chi connectivity index (χ3n) is 4.52. The summed E-state index contributed by atoms with van der Waals surface area (Å²) in [7, 11) is 0. The number of carbonyl (C=O) groups excluding carboxylic acids is 1. The van der Waals surface area contributed by atoms with Gasteiger partial charge in [-0.05, 0) is 18.2 Å². The van der Waals surface area contributed by atoms with Gasteiger partial charge in [-0.25, -0.2) is 0 Å². The van der Waals surface area contributed by atoms with Gasteiger partial charge in [0.25, 0.3) is 0 Å². The van der Waals surface area contributed by atoms with Gasteiger partial charge >= 0.3 is 0 Å². The molecule has 1 fully saturated rings. The van der Waals surface area contributed by atoms with Gasteiger partial charge < -0.3 is 10.1 Å². The van der Waals surface area contributed by atoms with Crippen LogP contribution in [0.25, 0.3) is 10.8 Å². The number of ether oxygens (including phenoxy) is 1. The van der Waals surface area contributed by atoms with Crippen molar-refractivity contribution in [1.82, 2.24) is 10.6 Å². The lowest BCUT2D eigenvalue weighted by molar-refractivity contribution is -0.123. The van der Waals surface area contributed by atoms with E-state index < -0.39 is 0 Å². The fourth-order valence-electron chi connectivity index (χ4n) is 3.30. The second kappa shape index (κ2) is 6.42. The highest BCUT2D eigenvalue weighted by molar-refractivity contribution is 7.99. The number of rotatable bonds is 2. The number of amides is 1. The molecule has 0 radical (unpaired) electrons. The Morgan fingerprint density at radius 1 is 1.26 bits per heavy atom. The average molecular weight is 328 g/mol. The first-order chi connectivity index (χ1) is 11.3. The van der Waals surface area contributed by atoms with E-state index in [1.807, 2.05) is 12.1 Å². The molecular formula is C18H20N2O2S. The Balaban J connectivity index is 1.67. The number of benzene rings is 2. The van der Waals surface area contributed by atoms with Crippen LogP contribution in [0.1, 0.15) is 24.4 Å². The molecule has 23 heavy (non-hydrogen) atoms. The monoisotopic (exact) mass is 328 g/mol. The zero-order valence-electron chi connectivity index (χ0n) is 12.9. The van der Waals surface area contributed by atoms with Crippen LogP contribution >= 0.6 is 11.8 Å². The van der Waals surface area contributed by atoms with Gasteiger partial charge in [0.2, 0.25) is 5.91 Å². The first kappa shape index (κ1) is 14.8. The maximum Gasteiger partial charge on any atom is 0.238 e. The normalized spacial score (nSPS) is 23.8. The van der Waals surface area contributed by atoms with Crippen LogP contribution in [0.3, 0.4) is 0 Å². The molecule has 2 heterocycles. The summed E-state index contributed by atoms with van der Waals surface area (Å²) >= 11 is 1.77. The Morgan fingerprint density at radius 2 is 2.17 bits per heavy atom. The van der Waals surface area contributed by atoms with Crippen LogP contribution in [0.15, 0.2) is 36.4 Å². The van der Waals surface area contributed by atoms with Crippen molar-refractivity contribution in [1.29, 1.82) is 0 Å². The fourth-order valence-corrected chi connectivity index (χ4v) is 4.24. The van der Waals surface area contributed by atoms with Gasteiger partial charge in [-0.2, -0.15) is 0 Å². The van der Waals surface area contributed by atoms with Gasteiger partial charge in [0.05, 0.1) is 18.7 Å². The highest BCUT2D eigenvalue weighted by Gasteiger charge is 2.28. The second-order valence-electron chi connectivity index (χ2n) is 6.03. The number of nitrogens with one attached hydrogen (secondary N) is 2. The Kier molecular flexibility index (Phi) is 4.14. The van der Waals surface area contributed by atoms with E-state index in [0.717, 1.165) is 41.2 Å². The third-order valence-corrected chi connectivity index (χ3v) is 5.46. The quantitative estimate of drug-likeness (QED) is 0.890. The van der Waals surface area contributed by atoms with Crippen molar-refractivity contribution >= 4 is 28.4 Å². The molecule has 5 heteroatoms. The van der Waals surface area contributed by atoms with Crippen molar-refractivity contribution in [3.05, 3.63) is 42.0 Å². The zero-order valence-corrected chi connectivity index (χ0v) is 13.7. The van der Waals surface area contributed by atoms with Crippen molar-refractivity contribution in [3.8, 4) is 5.75 Å². The van der Waals surface area contributed by atoms with Crippen molar-refractivity contribution in [3.63, 3.8) is 0 Å². The highest BCUT2D eigenvalue weighted by atomic mass is 32.2. The summed E-state index contributed by atoms with van der Waals surface area (Å²) in [6.45, 7) is 0.699. The lowest BCUT2D eigenvalue weighted by Crippen LogP contribution is -2.43. The molecule has 0 spiro atoms. The molecule has 2 aromatic rings. The van der Waals surface area contributed by atoms with Gasteiger partial charge in [-0.1, -0.05) is 36.4 Å². The zero-order chi connectivity index (χ0) is 15.6. The Hall–Kier alpha value is -1.72. The number of fused-ring (bicyclic) bond motifs is 3. The summed E-state index contributed by atoms with van der Waals surface area (Å²) in [4.78, 5) is 12.5. The van der Waals surface area contributed by atoms with Gasteiger partial charge in [-0.3, -0.25) is 10.1 Å². The van der Waals surface area contributed by atoms with Crippen molar-refractivity contribution in [2.75, 3.05) is 18.2 Å². The molecule has 2 N–H and O–H groups in total. The summed E-state index contributed by atoms with van der Waals surface area (Å²) in [6.07, 6.45) is 1.86. The lowest BCUT2D eigenvalue weighted by Gasteiger charge is -2.21. The van der Waals surface area contributed by atoms with E-state index in [0.29, 0.717) is 6.61 Å². The molecule has 4 nitrogen and oxygen atoms in total. The Morgan fingerprint density at radius 3 is 3.04 bits per heavy atom. The number of carbonyl (C=O) groups is 1. The summed E-state index contributed by atoms with van der Waals surface area (Å²) in [5.74, 6) is 2.73. The van der Waals surface area contributed by atoms with Gasteiger partial charge in [0.1, 0.15) is 5.75 Å². The summed E-state index contributed by atoms with van der Waals surface area (Å²) in [5, 5.41) is 8.76. The molecule has 0 aromatic heterocycles. The van der Waals surface area contributed by atoms with Crippen LogP contribution in [0.2, 0.25) is 0 Å². The topological polar surface area (TPSA) is 50.4 Å². The molecule has 4 rings (SSSR count). The standard InChI is InChI=1S/C18H20N2O2S/c21-18(16-10-23-11-19-16)20-15-6-3-9-22-17-13-5-2-1-4-12(13)7-8-14(15)17/h1-2,4-5,7-8,15-16,19H,3,6,9-11H2,(H,20,21)/t15-,16+/m0/s1. The molecule has 0 aliphatic carbocycles. The molecule has 0 unspecified atom stereocenters. The molecule has 120 valence electrons. The molecule has 2 aromatic carbocycles. The largest absolute Gasteiger partial charge is 0.493 e. The number of hydrogen-bond donors (Lipinski definition) is 2. The van der Waals surface area contributed by atoms with Crippen LogP contribution in [0, 0.1) is 0 Å². The van der Waals surface area contributed by atoms with Crippen molar-refractivity contribution in [2.45, 2.75) is 24.9 Å². The maximum atomic E-state index is 12.5. The molecule has 2 aliphatic rings. The van der Waals surface area contributed by atoms with E-state index in [1.54, 1.807) is 11.8 Å². The minimum atomic E-state index is -0.0759. The smallest absolute Gasteiger partial charge is 0.238 e. The molecule has 0 bridgehead atoms. The maximum absolute atomic E-state index is 12.5. The van der Waals surface area contributed by atoms with Crippen molar-refractivity contribution < 1.29 is 9.53 Å². The average Bonchev–Trinajstić information content (AvgIpc) is 3.04. The van der Waals surface area contributed by atoms with Crippen LogP contribution in [0.5, 0.6) is 5.75 Å². The first-order valence-electron chi connectivity index (χ1n) is 8.09. The Labute approximate surface area is 140 Å². The minimum absolute atomic E-state index is 0.0250. The van der Waals surface area contributed by atoms with Crippen LogP contribution in [0.4, 0.5) is 0 Å². The summed E-state index contributed by atoms with van der Waals surface area (Å²) in [5.41, 5.74) is 1.10. The Bertz CT molecular complexity index is 728. The van der Waals surface area contributed by atoms with Crippen LogP contribution in [-0.4, -0.2) is 30.2 Å². The number of hydrogen-bond acceptors (Lipinski definition) is 4. The molecular weight excluding hydrogens is 308 g/mol. The second-order valence-corrected chi connectivity index (χ2v) is 7.06. The minimum Gasteiger partial charge on any atom is -0.493 e. The highest BCUT2D eigenvalue weighted by Crippen LogP contribution is 2.37. The van der Waals surface area contributed by atoms with E-state index in [4.69, 9.17) is 4.74 Å². The van der Waals surface area contributed by atoms with E-state index in [1.165, 1.54) is 5.39 Å². The van der Waals surface area contributed by atoms with E-state index in [-0.39, 0.29) is 18.0 Å². The van der Waals surface area contributed by atoms with Gasteiger partial charge in [0, 0.05) is 22.6 Å². The predicted octanol–water partition coefficient (Wildman–Crippen LogP) is 2.83. The molecule has 1 amide bonds. The molecule has 2 aliphatic heterocycles. The van der Waals surface area contributed by atoms with Gasteiger partial charge in [-0.15, -0.1) is 11.8 Å². The molecule has 2 atom stereocenters. The first-order valence-corrected chi connectivity index (χ1v) is 9.24. The summed E-state index contributed by atoms with van der Waals surface area (Å²) < 4.78 is 6.03. The number of thioether (sulfide) groups is 1. The fraction of sp³-hybridized carbons (Fsp3) is 0.389. The van der Waals surface area contributed by atoms with Gasteiger partial charge in [0.15, 0.2) is 0 Å². The molecule has 0 saturated carbocycles. The summed E-state index contributed by atoms with van der Waals surface area (Å²) in [6, 6.07) is 12.4. The lowest BCUT2D eigenvalue weighted by atomic mass is 9.97. The predicted molar refractivity (Wildman–Crippen MR) is 93.8 cm³/mol. The SMILES string of the molecule is O=C(N[C@H]1CCCOc2c1ccc1ccccc21)[C@H]1CSCN1. The van der Waals surface area contributed by atoms with E-state index in [9.17, 15) is 4.79 Å². The van der Waals surface area contributed by atoms with E-state index in [2.05, 4.69) is 34.9 Å². The van der Waals surface area contributed by atoms with Crippen LogP contribution in [-0.2, 0) is 4.79 Å². The molecule has 1 saturated heterocycles. The van der Waals surface area contributed by atoms with Crippen LogP contribution < -0.4 is 15.4 Å². The van der Waals surface area contributed by atoms with Crippen molar-refractivity contribution in [2.24, 2.45) is 0 Å².